The molecule has 2 N–H and O–H groups in total. The summed E-state index contributed by atoms with van der Waals surface area (Å²) in [4.78, 5) is 12.2. The minimum Gasteiger partial charge on any atom is -0.380 e. The number of carbonyl (C=O) groups excluding carboxylic acids is 1. The first-order valence-corrected chi connectivity index (χ1v) is 9.62. The van der Waals surface area contributed by atoms with Gasteiger partial charge in [0.1, 0.15) is 6.04 Å². The highest BCUT2D eigenvalue weighted by Gasteiger charge is 2.38. The first-order chi connectivity index (χ1) is 11.6. The van der Waals surface area contributed by atoms with Crippen LogP contribution in [0.4, 0.5) is 0 Å². The molecule has 0 bridgehead atoms. The van der Waals surface area contributed by atoms with Gasteiger partial charge in [-0.1, -0.05) is 39.8 Å². The largest absolute Gasteiger partial charge is 0.380 e. The number of hydrogen-bond acceptors (Lipinski definition) is 5. The number of nitrogens with one attached hydrogen (secondary N) is 1. The topological polar surface area (TPSA) is 95.9 Å². The summed E-state index contributed by atoms with van der Waals surface area (Å²) in [6, 6.07) is 5.45. The van der Waals surface area contributed by atoms with Crippen molar-refractivity contribution in [1.29, 1.82) is 0 Å². The molecule has 1 aromatic rings. The van der Waals surface area contributed by atoms with Gasteiger partial charge in [0, 0.05) is 13.7 Å². The van der Waals surface area contributed by atoms with Gasteiger partial charge in [-0.3, -0.25) is 10.0 Å². The summed E-state index contributed by atoms with van der Waals surface area (Å²) < 4.78 is 32.7. The first-order valence-electron chi connectivity index (χ1n) is 8.18. The average Bonchev–Trinajstić information content (AvgIpc) is 2.53. The fourth-order valence-corrected chi connectivity index (χ4v) is 4.61. The van der Waals surface area contributed by atoms with Crippen LogP contribution in [0.25, 0.3) is 0 Å². The van der Waals surface area contributed by atoms with E-state index < -0.39 is 22.0 Å². The van der Waals surface area contributed by atoms with Crippen LogP contribution in [0.15, 0.2) is 29.2 Å². The molecule has 1 atom stereocenters. The predicted octanol–water partition coefficient (Wildman–Crippen LogP) is 2.01. The molecule has 0 aliphatic carbocycles. The van der Waals surface area contributed by atoms with E-state index in [0.717, 1.165) is 5.56 Å². The summed E-state index contributed by atoms with van der Waals surface area (Å²) >= 11 is 0. The van der Waals surface area contributed by atoms with Gasteiger partial charge in [-0.2, -0.15) is 4.31 Å². The number of hydroxylamine groups is 1. The molecular weight excluding hydrogens is 344 g/mol. The third-order valence-corrected chi connectivity index (χ3v) is 5.52. The zero-order chi connectivity index (χ0) is 19.2. The van der Waals surface area contributed by atoms with E-state index in [-0.39, 0.29) is 29.9 Å². The highest BCUT2D eigenvalue weighted by molar-refractivity contribution is 7.89. The van der Waals surface area contributed by atoms with Crippen LogP contribution in [-0.4, -0.2) is 43.5 Å². The lowest BCUT2D eigenvalue weighted by Crippen LogP contribution is -2.52. The zero-order valence-electron chi connectivity index (χ0n) is 15.4. The Labute approximate surface area is 150 Å². The van der Waals surface area contributed by atoms with Gasteiger partial charge in [0.05, 0.1) is 11.5 Å². The summed E-state index contributed by atoms with van der Waals surface area (Å²) in [5, 5.41) is 9.05. The van der Waals surface area contributed by atoms with E-state index in [1.807, 2.05) is 13.8 Å². The SMILES string of the molecule is COCc1cccc(S(=O)(=O)N(CC(C)C)[C@@H](C(=O)NO)C(C)C)c1. The van der Waals surface area contributed by atoms with Gasteiger partial charge in [0.25, 0.3) is 5.91 Å². The van der Waals surface area contributed by atoms with Crippen molar-refractivity contribution in [3.63, 3.8) is 0 Å². The molecule has 0 aromatic heterocycles. The van der Waals surface area contributed by atoms with Crippen LogP contribution >= 0.6 is 0 Å². The van der Waals surface area contributed by atoms with Crippen LogP contribution in [0, 0.1) is 11.8 Å². The number of carbonyl (C=O) groups is 1. The Kier molecular flexibility index (Phi) is 8.01. The smallest absolute Gasteiger partial charge is 0.262 e. The predicted molar refractivity (Wildman–Crippen MR) is 94.4 cm³/mol. The van der Waals surface area contributed by atoms with Crippen molar-refractivity contribution in [2.24, 2.45) is 11.8 Å². The van der Waals surface area contributed by atoms with Crippen LogP contribution in [-0.2, 0) is 26.2 Å². The van der Waals surface area contributed by atoms with Crippen molar-refractivity contribution < 1.29 is 23.2 Å². The molecule has 142 valence electrons. The highest BCUT2D eigenvalue weighted by Crippen LogP contribution is 2.24. The molecule has 0 aliphatic heterocycles. The maximum atomic E-state index is 13.2. The molecule has 1 aromatic carbocycles. The summed E-state index contributed by atoms with van der Waals surface area (Å²) in [5.74, 6) is -1.06. The lowest BCUT2D eigenvalue weighted by Gasteiger charge is -2.33. The molecule has 7 nitrogen and oxygen atoms in total. The van der Waals surface area contributed by atoms with Gasteiger partial charge in [0.2, 0.25) is 10.0 Å². The molecule has 0 fully saturated rings. The molecule has 0 heterocycles. The number of methoxy groups -OCH3 is 1. The van der Waals surface area contributed by atoms with Crippen molar-refractivity contribution >= 4 is 15.9 Å². The number of nitrogens with zero attached hydrogens (tertiary/aromatic N) is 1. The first kappa shape index (κ1) is 21.6. The lowest BCUT2D eigenvalue weighted by molar-refractivity contribution is -0.134. The minimum absolute atomic E-state index is 0.00433. The number of hydrogen-bond donors (Lipinski definition) is 2. The Balaban J connectivity index is 3.41. The second-order valence-corrected chi connectivity index (χ2v) is 8.60. The van der Waals surface area contributed by atoms with E-state index in [0.29, 0.717) is 0 Å². The Hall–Kier alpha value is -1.48. The molecule has 25 heavy (non-hydrogen) atoms. The summed E-state index contributed by atoms with van der Waals surface area (Å²) in [6.45, 7) is 7.68. The normalized spacial score (nSPS) is 13.5. The van der Waals surface area contributed by atoms with Crippen LogP contribution in [0.2, 0.25) is 0 Å². The average molecular weight is 372 g/mol. The Morgan fingerprint density at radius 2 is 1.92 bits per heavy atom. The van der Waals surface area contributed by atoms with Gasteiger partial charge < -0.3 is 4.74 Å². The second kappa shape index (κ2) is 9.28. The highest BCUT2D eigenvalue weighted by atomic mass is 32.2. The molecule has 0 unspecified atom stereocenters. The van der Waals surface area contributed by atoms with E-state index in [9.17, 15) is 13.2 Å². The molecule has 1 rings (SSSR count). The minimum atomic E-state index is -3.93. The van der Waals surface area contributed by atoms with Crippen LogP contribution < -0.4 is 5.48 Å². The third kappa shape index (κ3) is 5.50. The molecule has 8 heteroatoms. The van der Waals surface area contributed by atoms with E-state index in [1.54, 1.807) is 37.5 Å². The summed E-state index contributed by atoms with van der Waals surface area (Å²) in [6.07, 6.45) is 0. The number of sulfonamides is 1. The van der Waals surface area contributed by atoms with Gasteiger partial charge in [-0.15, -0.1) is 0 Å². The van der Waals surface area contributed by atoms with E-state index in [1.165, 1.54) is 17.5 Å². The molecule has 0 saturated carbocycles. The summed E-state index contributed by atoms with van der Waals surface area (Å²) in [5.41, 5.74) is 2.31. The van der Waals surface area contributed by atoms with Crippen molar-refractivity contribution in [3.05, 3.63) is 29.8 Å². The molecule has 0 saturated heterocycles. The fourth-order valence-electron chi connectivity index (χ4n) is 2.65. The molecular formula is C17H28N2O5S. The van der Waals surface area contributed by atoms with Crippen LogP contribution in [0.5, 0.6) is 0 Å². The van der Waals surface area contributed by atoms with Crippen molar-refractivity contribution in [3.8, 4) is 0 Å². The van der Waals surface area contributed by atoms with E-state index >= 15 is 0 Å². The fraction of sp³-hybridized carbons (Fsp3) is 0.588. The van der Waals surface area contributed by atoms with Crippen molar-refractivity contribution in [1.82, 2.24) is 9.79 Å². The van der Waals surface area contributed by atoms with Gasteiger partial charge in [-0.25, -0.2) is 13.9 Å². The maximum absolute atomic E-state index is 13.2. The van der Waals surface area contributed by atoms with Crippen LogP contribution in [0.1, 0.15) is 33.3 Å². The van der Waals surface area contributed by atoms with Crippen molar-refractivity contribution in [2.45, 2.75) is 45.2 Å². The Morgan fingerprint density at radius 3 is 2.40 bits per heavy atom. The number of ether oxygens (including phenoxy) is 1. The van der Waals surface area contributed by atoms with E-state index in [4.69, 9.17) is 9.94 Å². The van der Waals surface area contributed by atoms with Gasteiger partial charge in [-0.05, 0) is 29.5 Å². The Bertz CT molecular complexity index is 673. The lowest BCUT2D eigenvalue weighted by atomic mass is 10.0. The van der Waals surface area contributed by atoms with E-state index in [2.05, 4.69) is 0 Å². The van der Waals surface area contributed by atoms with Crippen molar-refractivity contribution in [2.75, 3.05) is 13.7 Å². The Morgan fingerprint density at radius 1 is 1.28 bits per heavy atom. The summed E-state index contributed by atoms with van der Waals surface area (Å²) in [7, 11) is -2.40. The van der Waals surface area contributed by atoms with Crippen LogP contribution in [0.3, 0.4) is 0 Å². The number of rotatable bonds is 9. The quantitative estimate of drug-likeness (QED) is 0.511. The number of benzene rings is 1. The monoisotopic (exact) mass is 372 g/mol. The molecule has 0 spiro atoms. The maximum Gasteiger partial charge on any atom is 0.262 e. The third-order valence-electron chi connectivity index (χ3n) is 3.68. The number of amides is 1. The van der Waals surface area contributed by atoms with Gasteiger partial charge >= 0.3 is 0 Å². The molecule has 0 radical (unpaired) electrons. The standard InChI is InChI=1S/C17H28N2O5S/c1-12(2)10-19(16(13(3)4)17(20)18-21)25(22,23)15-8-6-7-14(9-15)11-24-5/h6-9,12-13,16,21H,10-11H2,1-5H3,(H,18,20)/t16-/m1/s1. The second-order valence-electron chi connectivity index (χ2n) is 6.71. The van der Waals surface area contributed by atoms with Gasteiger partial charge in [0.15, 0.2) is 0 Å². The molecule has 0 aliphatic rings. The molecule has 1 amide bonds. The zero-order valence-corrected chi connectivity index (χ0v) is 16.2.